The molecule has 94 valence electrons. The molecule has 0 heterocycles. The Morgan fingerprint density at radius 2 is 2.06 bits per heavy atom. The van der Waals surface area contributed by atoms with E-state index in [1.54, 1.807) is 0 Å². The van der Waals surface area contributed by atoms with Gasteiger partial charge in [-0.25, -0.2) is 0 Å². The monoisotopic (exact) mass is 245 g/mol. The number of esters is 1. The molecule has 0 aromatic carbocycles. The Morgan fingerprint density at radius 1 is 1.44 bits per heavy atom. The van der Waals surface area contributed by atoms with Crippen LogP contribution in [0.5, 0.6) is 0 Å². The smallest absolute Gasteiger partial charge is 0.322 e. The van der Waals surface area contributed by atoms with Gasteiger partial charge < -0.3 is 10.1 Å². The number of thioether (sulfide) groups is 1. The van der Waals surface area contributed by atoms with Gasteiger partial charge in [-0.1, -0.05) is 0 Å². The minimum atomic E-state index is -0.171. The largest absolute Gasteiger partial charge is 0.465 e. The number of nitrogens with one attached hydrogen (secondary N) is 1. The van der Waals surface area contributed by atoms with Crippen LogP contribution in [0.4, 0.5) is 0 Å². The SMILES string of the molecule is CCOC(=O)C(C)NC1CCC(SC)CC1. The van der Waals surface area contributed by atoms with Crippen LogP contribution in [0.2, 0.25) is 0 Å². The third kappa shape index (κ3) is 4.34. The number of rotatable bonds is 5. The molecule has 0 aromatic heterocycles. The van der Waals surface area contributed by atoms with Gasteiger partial charge in [0.25, 0.3) is 0 Å². The van der Waals surface area contributed by atoms with Gasteiger partial charge in [0.2, 0.25) is 0 Å². The molecule has 0 spiro atoms. The normalized spacial score (nSPS) is 27.4. The second-order valence-corrected chi connectivity index (χ2v) is 5.49. The highest BCUT2D eigenvalue weighted by Gasteiger charge is 2.23. The second-order valence-electron chi connectivity index (χ2n) is 4.35. The lowest BCUT2D eigenvalue weighted by molar-refractivity contribution is -0.145. The zero-order valence-corrected chi connectivity index (χ0v) is 11.3. The molecular weight excluding hydrogens is 222 g/mol. The Bertz CT molecular complexity index is 215. The van der Waals surface area contributed by atoms with Crippen LogP contribution in [0.3, 0.4) is 0 Å². The zero-order valence-electron chi connectivity index (χ0n) is 10.5. The van der Waals surface area contributed by atoms with E-state index >= 15 is 0 Å². The average Bonchev–Trinajstić information content (AvgIpc) is 2.30. The summed E-state index contributed by atoms with van der Waals surface area (Å²) in [6.07, 6.45) is 7.05. The van der Waals surface area contributed by atoms with Crippen molar-refractivity contribution in [3.63, 3.8) is 0 Å². The Balaban J connectivity index is 2.25. The lowest BCUT2D eigenvalue weighted by Crippen LogP contribution is -2.44. The lowest BCUT2D eigenvalue weighted by atomic mass is 9.94. The van der Waals surface area contributed by atoms with Gasteiger partial charge in [-0.15, -0.1) is 0 Å². The molecule has 1 fully saturated rings. The minimum Gasteiger partial charge on any atom is -0.465 e. The van der Waals surface area contributed by atoms with Crippen LogP contribution in [0, 0.1) is 0 Å². The summed E-state index contributed by atoms with van der Waals surface area (Å²) in [6.45, 7) is 4.19. The summed E-state index contributed by atoms with van der Waals surface area (Å²) >= 11 is 1.96. The topological polar surface area (TPSA) is 38.3 Å². The highest BCUT2D eigenvalue weighted by molar-refractivity contribution is 7.99. The molecular formula is C12H23NO2S. The molecule has 1 aliphatic rings. The van der Waals surface area contributed by atoms with Crippen LogP contribution in [-0.2, 0) is 9.53 Å². The van der Waals surface area contributed by atoms with Gasteiger partial charge in [-0.2, -0.15) is 11.8 Å². The molecule has 16 heavy (non-hydrogen) atoms. The Labute approximate surface area is 103 Å². The standard InChI is InChI=1S/C12H23NO2S/c1-4-15-12(14)9(2)13-10-5-7-11(16-3)8-6-10/h9-11,13H,4-8H2,1-3H3. The maximum Gasteiger partial charge on any atom is 0.322 e. The van der Waals surface area contributed by atoms with Crippen molar-refractivity contribution in [2.45, 2.75) is 56.9 Å². The third-order valence-electron chi connectivity index (χ3n) is 3.13. The van der Waals surface area contributed by atoms with Gasteiger partial charge in [0.05, 0.1) is 6.61 Å². The molecule has 1 saturated carbocycles. The number of hydrogen-bond donors (Lipinski definition) is 1. The summed E-state index contributed by atoms with van der Waals surface area (Å²) < 4.78 is 4.98. The van der Waals surface area contributed by atoms with Crippen molar-refractivity contribution in [1.82, 2.24) is 5.32 Å². The van der Waals surface area contributed by atoms with Crippen molar-refractivity contribution < 1.29 is 9.53 Å². The van der Waals surface area contributed by atoms with E-state index in [1.807, 2.05) is 25.6 Å². The second kappa shape index (κ2) is 7.17. The van der Waals surface area contributed by atoms with Gasteiger partial charge in [0, 0.05) is 11.3 Å². The van der Waals surface area contributed by atoms with E-state index in [4.69, 9.17) is 4.74 Å². The molecule has 1 rings (SSSR count). The van der Waals surface area contributed by atoms with E-state index in [0.29, 0.717) is 12.6 Å². The fraction of sp³-hybridized carbons (Fsp3) is 0.917. The quantitative estimate of drug-likeness (QED) is 0.754. The fourth-order valence-electron chi connectivity index (χ4n) is 2.15. The molecule has 0 radical (unpaired) electrons. The van der Waals surface area contributed by atoms with E-state index < -0.39 is 0 Å². The zero-order chi connectivity index (χ0) is 12.0. The number of hydrogen-bond acceptors (Lipinski definition) is 4. The molecule has 0 saturated heterocycles. The van der Waals surface area contributed by atoms with Gasteiger partial charge in [0.1, 0.15) is 6.04 Å². The van der Waals surface area contributed by atoms with Crippen LogP contribution >= 0.6 is 11.8 Å². The molecule has 0 bridgehead atoms. The van der Waals surface area contributed by atoms with E-state index in [2.05, 4.69) is 11.6 Å². The summed E-state index contributed by atoms with van der Waals surface area (Å²) in [7, 11) is 0. The van der Waals surface area contributed by atoms with Crippen molar-refractivity contribution >= 4 is 17.7 Å². The van der Waals surface area contributed by atoms with Crippen molar-refractivity contribution in [2.24, 2.45) is 0 Å². The molecule has 0 amide bonds. The van der Waals surface area contributed by atoms with Gasteiger partial charge in [-0.3, -0.25) is 4.79 Å². The summed E-state index contributed by atoms with van der Waals surface area (Å²) in [5.41, 5.74) is 0. The van der Waals surface area contributed by atoms with Crippen LogP contribution in [0.25, 0.3) is 0 Å². The molecule has 0 aromatic rings. The highest BCUT2D eigenvalue weighted by atomic mass is 32.2. The van der Waals surface area contributed by atoms with Crippen LogP contribution in [-0.4, -0.2) is 36.2 Å². The molecule has 1 aliphatic carbocycles. The van der Waals surface area contributed by atoms with Crippen molar-refractivity contribution in [2.75, 3.05) is 12.9 Å². The number of carbonyl (C=O) groups is 1. The Hall–Kier alpha value is -0.220. The van der Waals surface area contributed by atoms with Crippen molar-refractivity contribution in [1.29, 1.82) is 0 Å². The van der Waals surface area contributed by atoms with E-state index in [1.165, 1.54) is 25.7 Å². The Morgan fingerprint density at radius 3 is 2.56 bits per heavy atom. The van der Waals surface area contributed by atoms with Gasteiger partial charge >= 0.3 is 5.97 Å². The summed E-state index contributed by atoms with van der Waals surface area (Å²) in [4.78, 5) is 11.4. The maximum absolute atomic E-state index is 11.4. The van der Waals surface area contributed by atoms with Crippen molar-refractivity contribution in [3.8, 4) is 0 Å². The first-order valence-electron chi connectivity index (χ1n) is 6.12. The molecule has 1 atom stereocenters. The summed E-state index contributed by atoms with van der Waals surface area (Å²) in [5.74, 6) is -0.130. The molecule has 4 heteroatoms. The highest BCUT2D eigenvalue weighted by Crippen LogP contribution is 2.26. The third-order valence-corrected chi connectivity index (χ3v) is 4.27. The van der Waals surface area contributed by atoms with Crippen molar-refractivity contribution in [3.05, 3.63) is 0 Å². The molecule has 0 aliphatic heterocycles. The first kappa shape index (κ1) is 13.8. The molecule has 1 unspecified atom stereocenters. The predicted octanol–water partition coefficient (Wildman–Crippen LogP) is 2.20. The van der Waals surface area contributed by atoms with Gasteiger partial charge in [0.15, 0.2) is 0 Å². The lowest BCUT2D eigenvalue weighted by Gasteiger charge is -2.29. The van der Waals surface area contributed by atoms with Crippen LogP contribution < -0.4 is 5.32 Å². The van der Waals surface area contributed by atoms with Crippen LogP contribution in [0.15, 0.2) is 0 Å². The van der Waals surface area contributed by atoms with Crippen LogP contribution in [0.1, 0.15) is 39.5 Å². The van der Waals surface area contributed by atoms with E-state index in [0.717, 1.165) is 5.25 Å². The first-order chi connectivity index (χ1) is 7.67. The molecule has 3 nitrogen and oxygen atoms in total. The molecule has 1 N–H and O–H groups in total. The Kier molecular flexibility index (Phi) is 6.21. The average molecular weight is 245 g/mol. The van der Waals surface area contributed by atoms with E-state index in [9.17, 15) is 4.79 Å². The van der Waals surface area contributed by atoms with Gasteiger partial charge in [-0.05, 0) is 45.8 Å². The summed E-state index contributed by atoms with van der Waals surface area (Å²) in [6, 6.07) is 0.318. The minimum absolute atomic E-state index is 0.130. The number of ether oxygens (including phenoxy) is 1. The first-order valence-corrected chi connectivity index (χ1v) is 7.41. The number of carbonyl (C=O) groups excluding carboxylic acids is 1. The predicted molar refractivity (Wildman–Crippen MR) is 68.8 cm³/mol. The fourth-order valence-corrected chi connectivity index (χ4v) is 2.90. The summed E-state index contributed by atoms with van der Waals surface area (Å²) in [5, 5.41) is 4.18. The van der Waals surface area contributed by atoms with E-state index in [-0.39, 0.29) is 12.0 Å². The maximum atomic E-state index is 11.4.